The SMILES string of the molecule is C#CCSCCNc1cc(C)nc2ccc([N+](=O)[O-])cc12. The summed E-state index contributed by atoms with van der Waals surface area (Å²) in [6.07, 6.45) is 5.20. The Kier molecular flexibility index (Phi) is 5.01. The van der Waals surface area contributed by atoms with Crippen LogP contribution in [0, 0.1) is 29.4 Å². The third-order valence-corrected chi connectivity index (χ3v) is 3.74. The summed E-state index contributed by atoms with van der Waals surface area (Å²) in [5.74, 6) is 4.14. The molecule has 5 nitrogen and oxygen atoms in total. The predicted octanol–water partition coefficient (Wildman–Crippen LogP) is 3.23. The zero-order valence-electron chi connectivity index (χ0n) is 11.6. The van der Waals surface area contributed by atoms with Gasteiger partial charge in [0.2, 0.25) is 0 Å². The number of nitrogens with one attached hydrogen (secondary N) is 1. The molecule has 108 valence electrons. The van der Waals surface area contributed by atoms with E-state index >= 15 is 0 Å². The van der Waals surface area contributed by atoms with Crippen molar-refractivity contribution in [2.45, 2.75) is 6.92 Å². The van der Waals surface area contributed by atoms with E-state index in [4.69, 9.17) is 6.42 Å². The molecule has 0 spiro atoms. The zero-order valence-corrected chi connectivity index (χ0v) is 12.4. The van der Waals surface area contributed by atoms with Gasteiger partial charge in [0, 0.05) is 41.2 Å². The number of terminal acetylenes is 1. The second kappa shape index (κ2) is 6.95. The number of nitro benzene ring substituents is 1. The number of thioether (sulfide) groups is 1. The highest BCUT2D eigenvalue weighted by molar-refractivity contribution is 7.99. The van der Waals surface area contributed by atoms with Gasteiger partial charge in [0.25, 0.3) is 5.69 Å². The number of hydrogen-bond acceptors (Lipinski definition) is 5. The van der Waals surface area contributed by atoms with Crippen LogP contribution in [0.4, 0.5) is 11.4 Å². The molecule has 21 heavy (non-hydrogen) atoms. The third-order valence-electron chi connectivity index (χ3n) is 2.88. The molecule has 6 heteroatoms. The number of pyridine rings is 1. The van der Waals surface area contributed by atoms with E-state index in [0.29, 0.717) is 5.75 Å². The van der Waals surface area contributed by atoms with E-state index in [2.05, 4.69) is 16.2 Å². The number of aromatic nitrogens is 1. The lowest BCUT2D eigenvalue weighted by Crippen LogP contribution is -2.05. The smallest absolute Gasteiger partial charge is 0.270 e. The molecule has 2 rings (SSSR count). The minimum atomic E-state index is -0.397. The highest BCUT2D eigenvalue weighted by atomic mass is 32.2. The van der Waals surface area contributed by atoms with E-state index in [9.17, 15) is 10.1 Å². The second-order valence-corrected chi connectivity index (χ2v) is 5.56. The largest absolute Gasteiger partial charge is 0.384 e. The molecule has 1 aromatic carbocycles. The highest BCUT2D eigenvalue weighted by Gasteiger charge is 2.10. The van der Waals surface area contributed by atoms with Gasteiger partial charge in [-0.25, -0.2) is 0 Å². The van der Waals surface area contributed by atoms with Crippen molar-refractivity contribution in [1.82, 2.24) is 4.98 Å². The zero-order chi connectivity index (χ0) is 15.2. The Labute approximate surface area is 127 Å². The fourth-order valence-corrected chi connectivity index (χ4v) is 2.50. The van der Waals surface area contributed by atoms with E-state index in [0.717, 1.165) is 34.6 Å². The van der Waals surface area contributed by atoms with E-state index in [1.807, 2.05) is 13.0 Å². The molecule has 0 radical (unpaired) electrons. The van der Waals surface area contributed by atoms with Crippen molar-refractivity contribution in [1.29, 1.82) is 0 Å². The van der Waals surface area contributed by atoms with Gasteiger partial charge in [0.15, 0.2) is 0 Å². The number of benzene rings is 1. The van der Waals surface area contributed by atoms with Gasteiger partial charge < -0.3 is 5.32 Å². The van der Waals surface area contributed by atoms with Crippen LogP contribution in [0.5, 0.6) is 0 Å². The Balaban J connectivity index is 2.26. The molecule has 2 aromatic rings. The molecule has 0 saturated heterocycles. The summed E-state index contributed by atoms with van der Waals surface area (Å²) in [5.41, 5.74) is 2.55. The van der Waals surface area contributed by atoms with Crippen molar-refractivity contribution in [2.24, 2.45) is 0 Å². The summed E-state index contributed by atoms with van der Waals surface area (Å²) in [4.78, 5) is 14.9. The van der Waals surface area contributed by atoms with Crippen molar-refractivity contribution in [2.75, 3.05) is 23.4 Å². The third kappa shape index (κ3) is 3.86. The van der Waals surface area contributed by atoms with Gasteiger partial charge in [0.05, 0.1) is 16.2 Å². The van der Waals surface area contributed by atoms with Crippen LogP contribution in [0.1, 0.15) is 5.69 Å². The molecule has 0 atom stereocenters. The molecule has 1 aromatic heterocycles. The number of nitro groups is 1. The van der Waals surface area contributed by atoms with E-state index < -0.39 is 4.92 Å². The fourth-order valence-electron chi connectivity index (χ4n) is 1.99. The molecule has 1 N–H and O–H groups in total. The average molecular weight is 301 g/mol. The lowest BCUT2D eigenvalue weighted by Gasteiger charge is -2.10. The Morgan fingerprint density at radius 2 is 2.29 bits per heavy atom. The molecule has 0 amide bonds. The highest BCUT2D eigenvalue weighted by Crippen LogP contribution is 2.27. The fraction of sp³-hybridized carbons (Fsp3) is 0.267. The van der Waals surface area contributed by atoms with Crippen LogP contribution in [-0.4, -0.2) is 28.0 Å². The number of nitrogens with zero attached hydrogens (tertiary/aromatic N) is 2. The van der Waals surface area contributed by atoms with Gasteiger partial charge in [-0.2, -0.15) is 0 Å². The van der Waals surface area contributed by atoms with Gasteiger partial charge in [-0.15, -0.1) is 18.2 Å². The predicted molar refractivity (Wildman–Crippen MR) is 87.8 cm³/mol. The van der Waals surface area contributed by atoms with Crippen molar-refractivity contribution in [3.8, 4) is 12.3 Å². The first kappa shape index (κ1) is 15.1. The number of aryl methyl sites for hydroxylation is 1. The van der Waals surface area contributed by atoms with Gasteiger partial charge in [-0.05, 0) is 19.1 Å². The molecular weight excluding hydrogens is 286 g/mol. The van der Waals surface area contributed by atoms with Gasteiger partial charge in [-0.1, -0.05) is 5.92 Å². The minimum absolute atomic E-state index is 0.0675. The Bertz CT molecular complexity index is 710. The maximum absolute atomic E-state index is 10.9. The standard InChI is InChI=1S/C15H15N3O2S/c1-3-7-21-8-6-16-15-9-11(2)17-14-5-4-12(18(19)20)10-13(14)15/h1,4-5,9-10H,6-8H2,2H3,(H,16,17). The summed E-state index contributed by atoms with van der Waals surface area (Å²) in [5, 5.41) is 15.0. The first-order chi connectivity index (χ1) is 10.1. The summed E-state index contributed by atoms with van der Waals surface area (Å²) >= 11 is 1.67. The molecular formula is C15H15N3O2S. The number of fused-ring (bicyclic) bond motifs is 1. The minimum Gasteiger partial charge on any atom is -0.384 e. The van der Waals surface area contributed by atoms with Crippen molar-refractivity contribution in [3.05, 3.63) is 40.1 Å². The first-order valence-corrected chi connectivity index (χ1v) is 7.58. The van der Waals surface area contributed by atoms with E-state index in [1.165, 1.54) is 6.07 Å². The van der Waals surface area contributed by atoms with E-state index in [1.54, 1.807) is 23.9 Å². The first-order valence-electron chi connectivity index (χ1n) is 6.42. The number of hydrogen-bond donors (Lipinski definition) is 1. The second-order valence-electron chi connectivity index (χ2n) is 4.45. The molecule has 0 bridgehead atoms. The van der Waals surface area contributed by atoms with Crippen LogP contribution < -0.4 is 5.32 Å². The molecule has 0 saturated carbocycles. The maximum atomic E-state index is 10.9. The normalized spacial score (nSPS) is 10.3. The molecule has 0 fully saturated rings. The number of non-ortho nitro benzene ring substituents is 1. The van der Waals surface area contributed by atoms with Crippen LogP contribution in [-0.2, 0) is 0 Å². The quantitative estimate of drug-likeness (QED) is 0.384. The molecule has 0 aliphatic heterocycles. The van der Waals surface area contributed by atoms with Gasteiger partial charge >= 0.3 is 0 Å². The number of rotatable bonds is 6. The average Bonchev–Trinajstić information content (AvgIpc) is 2.46. The Morgan fingerprint density at radius 3 is 3.00 bits per heavy atom. The van der Waals surface area contributed by atoms with Crippen molar-refractivity contribution >= 4 is 34.0 Å². The summed E-state index contributed by atoms with van der Waals surface area (Å²) < 4.78 is 0. The molecule has 0 unspecified atom stereocenters. The van der Waals surface area contributed by atoms with Crippen molar-refractivity contribution < 1.29 is 4.92 Å². The van der Waals surface area contributed by atoms with Crippen LogP contribution >= 0.6 is 11.8 Å². The summed E-state index contributed by atoms with van der Waals surface area (Å²) in [6.45, 7) is 2.65. The van der Waals surface area contributed by atoms with Crippen LogP contribution in [0.15, 0.2) is 24.3 Å². The lowest BCUT2D eigenvalue weighted by molar-refractivity contribution is -0.384. The lowest BCUT2D eigenvalue weighted by atomic mass is 10.1. The summed E-state index contributed by atoms with van der Waals surface area (Å²) in [6, 6.07) is 6.61. The Morgan fingerprint density at radius 1 is 1.48 bits per heavy atom. The molecule has 1 heterocycles. The van der Waals surface area contributed by atoms with Gasteiger partial charge in [-0.3, -0.25) is 15.1 Å². The van der Waals surface area contributed by atoms with Gasteiger partial charge in [0.1, 0.15) is 0 Å². The van der Waals surface area contributed by atoms with Crippen LogP contribution in [0.2, 0.25) is 0 Å². The van der Waals surface area contributed by atoms with Crippen LogP contribution in [0.3, 0.4) is 0 Å². The monoisotopic (exact) mass is 301 g/mol. The summed E-state index contributed by atoms with van der Waals surface area (Å²) in [7, 11) is 0. The topological polar surface area (TPSA) is 68.1 Å². The Hall–Kier alpha value is -2.26. The number of anilines is 1. The maximum Gasteiger partial charge on any atom is 0.270 e. The van der Waals surface area contributed by atoms with E-state index in [-0.39, 0.29) is 5.69 Å². The van der Waals surface area contributed by atoms with Crippen molar-refractivity contribution in [3.63, 3.8) is 0 Å². The molecule has 0 aliphatic carbocycles. The van der Waals surface area contributed by atoms with Crippen LogP contribution in [0.25, 0.3) is 10.9 Å². The molecule has 0 aliphatic rings.